The van der Waals surface area contributed by atoms with Crippen LogP contribution >= 0.6 is 11.6 Å². The van der Waals surface area contributed by atoms with Crippen LogP contribution in [-0.2, 0) is 11.2 Å². The molecule has 0 unspecified atom stereocenters. The highest BCUT2D eigenvalue weighted by atomic mass is 35.5. The Morgan fingerprint density at radius 2 is 2.05 bits per heavy atom. The average molecular weight is 307 g/mol. The van der Waals surface area contributed by atoms with Crippen molar-refractivity contribution in [2.24, 2.45) is 0 Å². The van der Waals surface area contributed by atoms with Gasteiger partial charge in [-0.3, -0.25) is 9.59 Å². The van der Waals surface area contributed by atoms with Crippen LogP contribution in [0.3, 0.4) is 0 Å². The van der Waals surface area contributed by atoms with Crippen molar-refractivity contribution in [2.45, 2.75) is 27.2 Å². The van der Waals surface area contributed by atoms with E-state index in [1.807, 2.05) is 6.92 Å². The smallest absolute Gasteiger partial charge is 0.315 e. The summed E-state index contributed by atoms with van der Waals surface area (Å²) in [5.41, 5.74) is 1.31. The third kappa shape index (κ3) is 3.70. The molecule has 0 fully saturated rings. The van der Waals surface area contributed by atoms with Gasteiger partial charge in [0, 0.05) is 16.3 Å². The fourth-order valence-corrected chi connectivity index (χ4v) is 2.11. The van der Waals surface area contributed by atoms with E-state index in [0.717, 1.165) is 5.56 Å². The molecule has 110 valence electrons. The van der Waals surface area contributed by atoms with Crippen LogP contribution in [0.1, 0.15) is 22.6 Å². The van der Waals surface area contributed by atoms with Gasteiger partial charge in [0.1, 0.15) is 11.6 Å². The van der Waals surface area contributed by atoms with Crippen molar-refractivity contribution in [1.29, 1.82) is 0 Å². The predicted molar refractivity (Wildman–Crippen MR) is 79.9 cm³/mol. The lowest BCUT2D eigenvalue weighted by Crippen LogP contribution is -2.23. The number of rotatable bonds is 3. The Morgan fingerprint density at radius 3 is 2.71 bits per heavy atom. The van der Waals surface area contributed by atoms with Gasteiger partial charge in [0.25, 0.3) is 5.56 Å². The molecule has 0 aliphatic rings. The summed E-state index contributed by atoms with van der Waals surface area (Å²) < 4.78 is 5.27. The second-order valence-electron chi connectivity index (χ2n) is 4.78. The van der Waals surface area contributed by atoms with Gasteiger partial charge in [0.15, 0.2) is 0 Å². The Kier molecular flexibility index (Phi) is 4.43. The van der Waals surface area contributed by atoms with Crippen molar-refractivity contribution in [2.75, 3.05) is 0 Å². The van der Waals surface area contributed by atoms with Crippen LogP contribution in [0.25, 0.3) is 0 Å². The molecule has 0 aliphatic carbocycles. The summed E-state index contributed by atoms with van der Waals surface area (Å²) in [5.74, 6) is 0.376. The molecular weight excluding hydrogens is 292 g/mol. The zero-order valence-corrected chi connectivity index (χ0v) is 12.7. The van der Waals surface area contributed by atoms with E-state index in [4.69, 9.17) is 16.3 Å². The summed E-state index contributed by atoms with van der Waals surface area (Å²) in [5, 5.41) is 0.481. The third-order valence-electron chi connectivity index (χ3n) is 3.04. The number of esters is 1. The number of nitrogens with one attached hydrogen (secondary N) is 1. The fourth-order valence-electron chi connectivity index (χ4n) is 1.95. The van der Waals surface area contributed by atoms with Crippen LogP contribution < -0.4 is 10.3 Å². The number of aryl methyl sites for hydroxylation is 3. The maximum Gasteiger partial charge on any atom is 0.315 e. The number of halogens is 1. The molecule has 1 N–H and O–H groups in total. The van der Waals surface area contributed by atoms with Crippen LogP contribution in [-0.4, -0.2) is 15.9 Å². The van der Waals surface area contributed by atoms with Gasteiger partial charge in [-0.25, -0.2) is 4.98 Å². The number of nitrogens with zero attached hydrogens (tertiary/aromatic N) is 1. The summed E-state index contributed by atoms with van der Waals surface area (Å²) in [6, 6.07) is 5.04. The Hall–Kier alpha value is -2.14. The Labute approximate surface area is 126 Å². The van der Waals surface area contributed by atoms with E-state index in [-0.39, 0.29) is 12.0 Å². The molecule has 0 radical (unpaired) electrons. The molecule has 0 amide bonds. The summed E-state index contributed by atoms with van der Waals surface area (Å²) in [6.45, 7) is 5.19. The first kappa shape index (κ1) is 15.3. The molecule has 0 saturated heterocycles. The molecule has 0 bridgehead atoms. The fraction of sp³-hybridized carbons (Fsp3) is 0.267. The van der Waals surface area contributed by atoms with Gasteiger partial charge in [0.05, 0.1) is 6.42 Å². The molecule has 1 aromatic carbocycles. The Bertz CT molecular complexity index is 753. The first-order valence-corrected chi connectivity index (χ1v) is 6.78. The van der Waals surface area contributed by atoms with Gasteiger partial charge in [-0.2, -0.15) is 0 Å². The van der Waals surface area contributed by atoms with E-state index in [1.165, 1.54) is 0 Å². The summed E-state index contributed by atoms with van der Waals surface area (Å²) >= 11 is 5.87. The number of carbonyl (C=O) groups is 1. The number of aromatic nitrogens is 2. The van der Waals surface area contributed by atoms with E-state index in [0.29, 0.717) is 27.9 Å². The minimum Gasteiger partial charge on any atom is -0.426 e. The lowest BCUT2D eigenvalue weighted by Gasteiger charge is -2.08. The molecule has 0 aliphatic heterocycles. The monoisotopic (exact) mass is 306 g/mol. The van der Waals surface area contributed by atoms with Gasteiger partial charge in [-0.05, 0) is 38.5 Å². The van der Waals surface area contributed by atoms with Gasteiger partial charge < -0.3 is 9.72 Å². The zero-order valence-electron chi connectivity index (χ0n) is 12.0. The zero-order chi connectivity index (χ0) is 15.6. The van der Waals surface area contributed by atoms with Crippen molar-refractivity contribution < 1.29 is 9.53 Å². The van der Waals surface area contributed by atoms with Gasteiger partial charge >= 0.3 is 5.97 Å². The van der Waals surface area contributed by atoms with Crippen molar-refractivity contribution in [1.82, 2.24) is 9.97 Å². The highest BCUT2D eigenvalue weighted by molar-refractivity contribution is 6.30. The Balaban J connectivity index is 2.20. The minimum absolute atomic E-state index is 0.138. The SMILES string of the molecule is Cc1nc(C)c(CC(=O)Oc2cc(Cl)ccc2C)c(=O)[nH]1. The highest BCUT2D eigenvalue weighted by Gasteiger charge is 2.14. The molecule has 0 spiro atoms. The first-order chi connectivity index (χ1) is 9.86. The van der Waals surface area contributed by atoms with E-state index in [9.17, 15) is 9.59 Å². The number of hydrogen-bond acceptors (Lipinski definition) is 4. The molecule has 6 heteroatoms. The standard InChI is InChI=1S/C15H15ClN2O3/c1-8-4-5-11(16)6-13(8)21-14(19)7-12-9(2)17-10(3)18-15(12)20/h4-6H,7H2,1-3H3,(H,17,18,20). The lowest BCUT2D eigenvalue weighted by atomic mass is 10.1. The maximum absolute atomic E-state index is 12.0. The molecule has 5 nitrogen and oxygen atoms in total. The van der Waals surface area contributed by atoms with Gasteiger partial charge in [-0.1, -0.05) is 17.7 Å². The number of benzene rings is 1. The highest BCUT2D eigenvalue weighted by Crippen LogP contribution is 2.22. The van der Waals surface area contributed by atoms with Crippen LogP contribution in [0.5, 0.6) is 5.75 Å². The van der Waals surface area contributed by atoms with Gasteiger partial charge in [0.2, 0.25) is 0 Å². The number of carbonyl (C=O) groups excluding carboxylic acids is 1. The molecule has 21 heavy (non-hydrogen) atoms. The van der Waals surface area contributed by atoms with E-state index >= 15 is 0 Å². The van der Waals surface area contributed by atoms with E-state index < -0.39 is 5.97 Å². The van der Waals surface area contributed by atoms with Crippen molar-refractivity contribution in [3.8, 4) is 5.75 Å². The third-order valence-corrected chi connectivity index (χ3v) is 3.27. The molecule has 2 aromatic rings. The molecule has 0 atom stereocenters. The summed E-state index contributed by atoms with van der Waals surface area (Å²) in [7, 11) is 0. The number of aromatic amines is 1. The number of hydrogen-bond donors (Lipinski definition) is 1. The van der Waals surface area contributed by atoms with E-state index in [2.05, 4.69) is 9.97 Å². The second kappa shape index (κ2) is 6.10. The minimum atomic E-state index is -0.528. The number of ether oxygens (including phenoxy) is 1. The molecule has 1 heterocycles. The van der Waals surface area contributed by atoms with E-state index in [1.54, 1.807) is 32.0 Å². The quantitative estimate of drug-likeness (QED) is 0.698. The van der Waals surface area contributed by atoms with Crippen molar-refractivity contribution in [3.05, 3.63) is 56.2 Å². The predicted octanol–water partition coefficient (Wildman–Crippen LogP) is 2.50. The van der Waals surface area contributed by atoms with Crippen LogP contribution in [0.4, 0.5) is 0 Å². The van der Waals surface area contributed by atoms with Gasteiger partial charge in [-0.15, -0.1) is 0 Å². The normalized spacial score (nSPS) is 10.5. The lowest BCUT2D eigenvalue weighted by molar-refractivity contribution is -0.133. The van der Waals surface area contributed by atoms with Crippen LogP contribution in [0, 0.1) is 20.8 Å². The summed E-state index contributed by atoms with van der Waals surface area (Å²) in [4.78, 5) is 30.5. The molecular formula is C15H15ClN2O3. The number of H-pyrrole nitrogens is 1. The van der Waals surface area contributed by atoms with Crippen LogP contribution in [0.2, 0.25) is 5.02 Å². The summed E-state index contributed by atoms with van der Waals surface area (Å²) in [6.07, 6.45) is -0.138. The largest absolute Gasteiger partial charge is 0.426 e. The van der Waals surface area contributed by atoms with Crippen molar-refractivity contribution >= 4 is 17.6 Å². The Morgan fingerprint density at radius 1 is 1.33 bits per heavy atom. The molecule has 2 rings (SSSR count). The molecule has 1 aromatic heterocycles. The molecule has 0 saturated carbocycles. The second-order valence-corrected chi connectivity index (χ2v) is 5.21. The average Bonchev–Trinajstić information content (AvgIpc) is 2.38. The maximum atomic E-state index is 12.0. The first-order valence-electron chi connectivity index (χ1n) is 6.40. The topological polar surface area (TPSA) is 72.0 Å². The van der Waals surface area contributed by atoms with Crippen LogP contribution in [0.15, 0.2) is 23.0 Å². The van der Waals surface area contributed by atoms with Crippen molar-refractivity contribution in [3.63, 3.8) is 0 Å².